The monoisotopic (exact) mass is 294 g/mol. The van der Waals surface area contributed by atoms with E-state index in [-0.39, 0.29) is 19.2 Å². The lowest BCUT2D eigenvalue weighted by atomic mass is 10.1. The van der Waals surface area contributed by atoms with Gasteiger partial charge in [-0.3, -0.25) is 9.59 Å². The summed E-state index contributed by atoms with van der Waals surface area (Å²) in [5.41, 5.74) is -1.22. The summed E-state index contributed by atoms with van der Waals surface area (Å²) in [6.45, 7) is 4.15. The standard InChI is InChI=1S/C8H12O5.C8H10/c1-2-3-4-13-7(11)8(12,5-9)6-10;1-2-8-6-4-3-5-7-8/h5-6,12H,2-4H2,1H3;3-7H,2H2,1H3. The molecule has 0 aliphatic carbocycles. The Morgan fingerprint density at radius 3 is 2.14 bits per heavy atom. The second kappa shape index (κ2) is 10.7. The molecule has 0 aliphatic heterocycles. The van der Waals surface area contributed by atoms with Crippen LogP contribution in [0.5, 0.6) is 0 Å². The number of unbranched alkanes of at least 4 members (excludes halogenated alkanes) is 1. The number of ether oxygens (including phenoxy) is 1. The molecule has 0 radical (unpaired) electrons. The van der Waals surface area contributed by atoms with Gasteiger partial charge in [0.1, 0.15) is 0 Å². The molecule has 1 aromatic rings. The molecule has 0 fully saturated rings. The highest BCUT2D eigenvalue weighted by Crippen LogP contribution is 2.01. The molecule has 1 rings (SSSR count). The van der Waals surface area contributed by atoms with E-state index >= 15 is 0 Å². The molecule has 1 aromatic carbocycles. The molecule has 5 nitrogen and oxygen atoms in total. The van der Waals surface area contributed by atoms with E-state index in [9.17, 15) is 14.4 Å². The van der Waals surface area contributed by atoms with Gasteiger partial charge in [0.15, 0.2) is 12.6 Å². The minimum Gasteiger partial charge on any atom is -0.463 e. The van der Waals surface area contributed by atoms with Crippen molar-refractivity contribution in [2.45, 2.75) is 38.7 Å². The van der Waals surface area contributed by atoms with Gasteiger partial charge in [-0.15, -0.1) is 0 Å². The number of hydrogen-bond acceptors (Lipinski definition) is 5. The molecule has 0 saturated heterocycles. The normalized spacial score (nSPS) is 10.0. The summed E-state index contributed by atoms with van der Waals surface area (Å²) in [5.74, 6) is -1.22. The fourth-order valence-electron chi connectivity index (χ4n) is 1.26. The number of rotatable bonds is 7. The summed E-state index contributed by atoms with van der Waals surface area (Å²) in [5, 5.41) is 8.99. The SMILES string of the molecule is CCCCOC(=O)C(O)(C=O)C=O.CCc1ccccc1. The first kappa shape index (κ1) is 19.0. The van der Waals surface area contributed by atoms with E-state index < -0.39 is 11.6 Å². The van der Waals surface area contributed by atoms with Crippen molar-refractivity contribution in [2.75, 3.05) is 6.61 Å². The third-order valence-electron chi connectivity index (χ3n) is 2.67. The van der Waals surface area contributed by atoms with Crippen molar-refractivity contribution in [3.8, 4) is 0 Å². The fraction of sp³-hybridized carbons (Fsp3) is 0.438. The molecule has 5 heteroatoms. The zero-order valence-corrected chi connectivity index (χ0v) is 12.5. The predicted molar refractivity (Wildman–Crippen MR) is 78.8 cm³/mol. The van der Waals surface area contributed by atoms with E-state index in [1.165, 1.54) is 5.56 Å². The molecule has 0 unspecified atom stereocenters. The molecule has 0 bridgehead atoms. The van der Waals surface area contributed by atoms with Gasteiger partial charge in [-0.25, -0.2) is 4.79 Å². The van der Waals surface area contributed by atoms with Crippen molar-refractivity contribution in [2.24, 2.45) is 0 Å². The number of aldehydes is 2. The van der Waals surface area contributed by atoms with Gasteiger partial charge in [0.25, 0.3) is 5.60 Å². The van der Waals surface area contributed by atoms with Crippen molar-refractivity contribution in [3.63, 3.8) is 0 Å². The van der Waals surface area contributed by atoms with Crippen molar-refractivity contribution in [3.05, 3.63) is 35.9 Å². The van der Waals surface area contributed by atoms with Crippen LogP contribution in [0.15, 0.2) is 30.3 Å². The van der Waals surface area contributed by atoms with E-state index in [4.69, 9.17) is 5.11 Å². The summed E-state index contributed by atoms with van der Waals surface area (Å²) >= 11 is 0. The third kappa shape index (κ3) is 7.37. The Balaban J connectivity index is 0.000000423. The van der Waals surface area contributed by atoms with Gasteiger partial charge in [0.05, 0.1) is 6.61 Å². The van der Waals surface area contributed by atoms with Gasteiger partial charge in [-0.2, -0.15) is 0 Å². The number of aryl methyl sites for hydroxylation is 1. The van der Waals surface area contributed by atoms with Crippen molar-refractivity contribution >= 4 is 18.5 Å². The molecular formula is C16H22O5. The van der Waals surface area contributed by atoms with Gasteiger partial charge < -0.3 is 9.84 Å². The van der Waals surface area contributed by atoms with Gasteiger partial charge in [0, 0.05) is 0 Å². The van der Waals surface area contributed by atoms with Crippen LogP contribution in [0, 0.1) is 0 Å². The Kier molecular flexibility index (Phi) is 9.71. The summed E-state index contributed by atoms with van der Waals surface area (Å²) in [7, 11) is 0. The summed E-state index contributed by atoms with van der Waals surface area (Å²) in [6.07, 6.45) is 2.29. The molecule has 0 aromatic heterocycles. The minimum atomic E-state index is -2.63. The first-order chi connectivity index (χ1) is 10.0. The number of esters is 1. The van der Waals surface area contributed by atoms with Crippen molar-refractivity contribution in [1.29, 1.82) is 0 Å². The van der Waals surface area contributed by atoms with Crippen molar-refractivity contribution in [1.82, 2.24) is 0 Å². The molecule has 0 aliphatic rings. The number of hydrogen-bond donors (Lipinski definition) is 1. The molecule has 0 atom stereocenters. The van der Waals surface area contributed by atoms with Gasteiger partial charge in [0.2, 0.25) is 0 Å². The van der Waals surface area contributed by atoms with Crippen LogP contribution < -0.4 is 0 Å². The molecule has 116 valence electrons. The Morgan fingerprint density at radius 2 is 1.76 bits per heavy atom. The predicted octanol–water partition coefficient (Wildman–Crippen LogP) is 1.71. The summed E-state index contributed by atoms with van der Waals surface area (Å²) < 4.78 is 4.48. The smallest absolute Gasteiger partial charge is 0.353 e. The van der Waals surface area contributed by atoms with E-state index in [0.717, 1.165) is 12.8 Å². The maximum Gasteiger partial charge on any atom is 0.353 e. The van der Waals surface area contributed by atoms with Crippen LogP contribution in [0.1, 0.15) is 32.3 Å². The zero-order valence-electron chi connectivity index (χ0n) is 12.5. The fourth-order valence-corrected chi connectivity index (χ4v) is 1.26. The maximum atomic E-state index is 10.9. The second-order valence-electron chi connectivity index (χ2n) is 4.39. The summed E-state index contributed by atoms with van der Waals surface area (Å²) in [6, 6.07) is 10.5. The third-order valence-corrected chi connectivity index (χ3v) is 2.67. The molecule has 21 heavy (non-hydrogen) atoms. The second-order valence-corrected chi connectivity index (χ2v) is 4.39. The van der Waals surface area contributed by atoms with Crippen LogP contribution in [0.3, 0.4) is 0 Å². The zero-order chi connectivity index (χ0) is 16.1. The van der Waals surface area contributed by atoms with E-state index in [2.05, 4.69) is 35.9 Å². The molecule has 0 saturated carbocycles. The average Bonchev–Trinajstić information content (AvgIpc) is 2.55. The average molecular weight is 294 g/mol. The Hall–Kier alpha value is -2.01. The van der Waals surface area contributed by atoms with Crippen LogP contribution in [0.4, 0.5) is 0 Å². The van der Waals surface area contributed by atoms with E-state index in [1.54, 1.807) is 0 Å². The molecular weight excluding hydrogens is 272 g/mol. The number of carbonyl (C=O) groups excluding carboxylic acids is 3. The number of benzene rings is 1. The lowest BCUT2D eigenvalue weighted by Crippen LogP contribution is -2.43. The van der Waals surface area contributed by atoms with Gasteiger partial charge in [-0.1, -0.05) is 50.6 Å². The largest absolute Gasteiger partial charge is 0.463 e. The highest BCUT2D eigenvalue weighted by atomic mass is 16.6. The van der Waals surface area contributed by atoms with Crippen LogP contribution in [-0.2, 0) is 25.5 Å². The molecule has 0 amide bonds. The minimum absolute atomic E-state index is 0.0966. The van der Waals surface area contributed by atoms with Crippen molar-refractivity contribution < 1.29 is 24.2 Å². The van der Waals surface area contributed by atoms with Gasteiger partial charge in [-0.05, 0) is 18.4 Å². The highest BCUT2D eigenvalue weighted by molar-refractivity contribution is 6.11. The van der Waals surface area contributed by atoms with Gasteiger partial charge >= 0.3 is 5.97 Å². The summed E-state index contributed by atoms with van der Waals surface area (Å²) in [4.78, 5) is 31.2. The molecule has 0 spiro atoms. The van der Waals surface area contributed by atoms with E-state index in [1.807, 2.05) is 13.0 Å². The Labute approximate surface area is 124 Å². The quantitative estimate of drug-likeness (QED) is 0.358. The first-order valence-corrected chi connectivity index (χ1v) is 6.90. The van der Waals surface area contributed by atoms with Crippen LogP contribution in [0.25, 0.3) is 0 Å². The lowest BCUT2D eigenvalue weighted by Gasteiger charge is -2.12. The molecule has 1 N–H and O–H groups in total. The van der Waals surface area contributed by atoms with E-state index in [0.29, 0.717) is 6.42 Å². The first-order valence-electron chi connectivity index (χ1n) is 6.90. The Morgan fingerprint density at radius 1 is 1.19 bits per heavy atom. The Bertz CT molecular complexity index is 420. The van der Waals surface area contributed by atoms with Crippen LogP contribution in [-0.4, -0.2) is 35.9 Å². The van der Waals surface area contributed by atoms with Crippen LogP contribution >= 0.6 is 0 Å². The topological polar surface area (TPSA) is 80.7 Å². The number of carbonyl (C=O) groups is 3. The van der Waals surface area contributed by atoms with Crippen LogP contribution in [0.2, 0.25) is 0 Å². The lowest BCUT2D eigenvalue weighted by molar-refractivity contribution is -0.167. The molecule has 0 heterocycles. The maximum absolute atomic E-state index is 10.9. The highest BCUT2D eigenvalue weighted by Gasteiger charge is 2.37. The number of aliphatic hydroxyl groups is 1.